The first-order valence-corrected chi connectivity index (χ1v) is 8.63. The molecule has 2 heterocycles. The predicted octanol–water partition coefficient (Wildman–Crippen LogP) is 3.31. The summed E-state index contributed by atoms with van der Waals surface area (Å²) >= 11 is 5.88. The number of carbonyl (C=O) groups excluding carboxylic acids is 1. The Morgan fingerprint density at radius 3 is 2.96 bits per heavy atom. The maximum absolute atomic E-state index is 12.6. The highest BCUT2D eigenvalue weighted by Gasteiger charge is 2.17. The number of halogens is 1. The van der Waals surface area contributed by atoms with Crippen molar-refractivity contribution in [2.45, 2.75) is 13.0 Å². The standard InChI is InChI=1S/C19H20ClN5O/c1-13(23-18-12-22-11-17(20)24-18)14-5-3-7-16(9-14)25(2)19(26)15-6-4-8-21-10-15/h3-9,11-13,21H,10H2,1-2H3,(H,23,24)/t13-/m0/s1. The maximum Gasteiger partial charge on any atom is 0.255 e. The van der Waals surface area contributed by atoms with E-state index in [9.17, 15) is 4.79 Å². The molecule has 7 heteroatoms. The Hall–Kier alpha value is -2.86. The van der Waals surface area contributed by atoms with E-state index in [4.69, 9.17) is 11.6 Å². The van der Waals surface area contributed by atoms with E-state index in [2.05, 4.69) is 20.6 Å². The zero-order chi connectivity index (χ0) is 18.5. The van der Waals surface area contributed by atoms with Gasteiger partial charge in [0.05, 0.1) is 18.4 Å². The van der Waals surface area contributed by atoms with Crippen LogP contribution in [0.3, 0.4) is 0 Å². The summed E-state index contributed by atoms with van der Waals surface area (Å²) in [5.74, 6) is 0.574. The summed E-state index contributed by atoms with van der Waals surface area (Å²) in [7, 11) is 1.78. The van der Waals surface area contributed by atoms with Crippen molar-refractivity contribution in [2.24, 2.45) is 0 Å². The number of anilines is 2. The number of allylic oxidation sites excluding steroid dienone is 2. The number of benzene rings is 1. The number of nitrogens with one attached hydrogen (secondary N) is 2. The molecular formula is C19H20ClN5O. The van der Waals surface area contributed by atoms with Crippen LogP contribution in [0.4, 0.5) is 11.5 Å². The molecule has 1 aromatic carbocycles. The molecule has 3 rings (SSSR count). The van der Waals surface area contributed by atoms with Crippen molar-refractivity contribution in [3.63, 3.8) is 0 Å². The smallest absolute Gasteiger partial charge is 0.255 e. The van der Waals surface area contributed by atoms with E-state index in [0.717, 1.165) is 16.8 Å². The molecule has 1 aliphatic heterocycles. The highest BCUT2D eigenvalue weighted by atomic mass is 35.5. The SMILES string of the molecule is C[C@H](Nc1cncc(Cl)n1)c1cccc(N(C)C(=O)C2=CC=CNC2)c1. The maximum atomic E-state index is 12.6. The lowest BCUT2D eigenvalue weighted by molar-refractivity contribution is -0.114. The molecule has 0 saturated carbocycles. The van der Waals surface area contributed by atoms with Gasteiger partial charge in [0.2, 0.25) is 0 Å². The lowest BCUT2D eigenvalue weighted by Gasteiger charge is -2.22. The summed E-state index contributed by atoms with van der Waals surface area (Å²) in [5.41, 5.74) is 2.58. The van der Waals surface area contributed by atoms with Crippen molar-refractivity contribution in [1.82, 2.24) is 15.3 Å². The summed E-state index contributed by atoms with van der Waals surface area (Å²) < 4.78 is 0. The van der Waals surface area contributed by atoms with Crippen LogP contribution in [0.15, 0.2) is 60.6 Å². The summed E-state index contributed by atoms with van der Waals surface area (Å²) in [6.07, 6.45) is 8.60. The number of amides is 1. The number of nitrogens with zero attached hydrogens (tertiary/aromatic N) is 3. The number of rotatable bonds is 5. The fraction of sp³-hybridized carbons (Fsp3) is 0.211. The van der Waals surface area contributed by atoms with Gasteiger partial charge in [0.1, 0.15) is 11.0 Å². The molecule has 1 amide bonds. The zero-order valence-electron chi connectivity index (χ0n) is 14.6. The highest BCUT2D eigenvalue weighted by Crippen LogP contribution is 2.24. The second kappa shape index (κ2) is 8.01. The second-order valence-corrected chi connectivity index (χ2v) is 6.37. The van der Waals surface area contributed by atoms with Gasteiger partial charge in [-0.05, 0) is 36.9 Å². The van der Waals surface area contributed by atoms with Crippen molar-refractivity contribution in [1.29, 1.82) is 0 Å². The minimum Gasteiger partial charge on any atom is -0.387 e. The number of aromatic nitrogens is 2. The molecule has 26 heavy (non-hydrogen) atoms. The van der Waals surface area contributed by atoms with Gasteiger partial charge >= 0.3 is 0 Å². The van der Waals surface area contributed by atoms with Gasteiger partial charge in [-0.3, -0.25) is 9.78 Å². The summed E-state index contributed by atoms with van der Waals surface area (Å²) in [5, 5.41) is 6.66. The third-order valence-corrected chi connectivity index (χ3v) is 4.29. The van der Waals surface area contributed by atoms with Gasteiger partial charge in [-0.25, -0.2) is 4.98 Å². The van der Waals surface area contributed by atoms with E-state index >= 15 is 0 Å². The lowest BCUT2D eigenvalue weighted by Crippen LogP contribution is -2.32. The molecule has 0 aliphatic carbocycles. The van der Waals surface area contributed by atoms with Gasteiger partial charge in [0.25, 0.3) is 5.91 Å². The number of hydrogen-bond donors (Lipinski definition) is 2. The fourth-order valence-electron chi connectivity index (χ4n) is 2.66. The van der Waals surface area contributed by atoms with E-state index in [1.165, 1.54) is 6.20 Å². The van der Waals surface area contributed by atoms with Crippen LogP contribution in [0, 0.1) is 0 Å². The van der Waals surface area contributed by atoms with Crippen molar-refractivity contribution >= 4 is 29.0 Å². The first-order valence-electron chi connectivity index (χ1n) is 8.26. The van der Waals surface area contributed by atoms with E-state index in [1.54, 1.807) is 18.1 Å². The first-order chi connectivity index (χ1) is 12.5. The summed E-state index contributed by atoms with van der Waals surface area (Å²) in [6, 6.07) is 7.82. The highest BCUT2D eigenvalue weighted by molar-refractivity contribution is 6.29. The molecular weight excluding hydrogens is 350 g/mol. The van der Waals surface area contributed by atoms with Crippen molar-refractivity contribution in [3.05, 3.63) is 71.3 Å². The Bertz CT molecular complexity index is 865. The predicted molar refractivity (Wildman–Crippen MR) is 104 cm³/mol. The normalized spacial score (nSPS) is 14.2. The van der Waals surface area contributed by atoms with Gasteiger partial charge in [0, 0.05) is 24.9 Å². The zero-order valence-corrected chi connectivity index (χ0v) is 15.4. The van der Waals surface area contributed by atoms with Crippen LogP contribution in [0.25, 0.3) is 0 Å². The summed E-state index contributed by atoms with van der Waals surface area (Å²) in [6.45, 7) is 2.55. The molecule has 0 fully saturated rings. The molecule has 1 aromatic heterocycles. The third kappa shape index (κ3) is 4.21. The molecule has 6 nitrogen and oxygen atoms in total. The molecule has 0 saturated heterocycles. The summed E-state index contributed by atoms with van der Waals surface area (Å²) in [4.78, 5) is 22.5. The Morgan fingerprint density at radius 2 is 2.23 bits per heavy atom. The minimum absolute atomic E-state index is 0.0234. The van der Waals surface area contributed by atoms with Gasteiger partial charge in [-0.1, -0.05) is 29.8 Å². The van der Waals surface area contributed by atoms with Crippen molar-refractivity contribution in [2.75, 3.05) is 23.8 Å². The number of dihydropyridines is 1. The number of hydrogen-bond acceptors (Lipinski definition) is 5. The van der Waals surface area contributed by atoms with E-state index < -0.39 is 0 Å². The molecule has 0 unspecified atom stereocenters. The molecule has 2 aromatic rings. The average Bonchev–Trinajstić information content (AvgIpc) is 2.67. The number of likely N-dealkylation sites (N-methyl/N-ethyl adjacent to an activating group) is 1. The third-order valence-electron chi connectivity index (χ3n) is 4.11. The van der Waals surface area contributed by atoms with Crippen LogP contribution in [-0.2, 0) is 4.79 Å². The van der Waals surface area contributed by atoms with Gasteiger partial charge < -0.3 is 15.5 Å². The Labute approximate surface area is 157 Å². The van der Waals surface area contributed by atoms with Crippen LogP contribution in [0.5, 0.6) is 0 Å². The fourth-order valence-corrected chi connectivity index (χ4v) is 2.81. The van der Waals surface area contributed by atoms with Gasteiger partial charge in [0.15, 0.2) is 0 Å². The van der Waals surface area contributed by atoms with Gasteiger partial charge in [-0.15, -0.1) is 0 Å². The average molecular weight is 370 g/mol. The molecule has 0 radical (unpaired) electrons. The lowest BCUT2D eigenvalue weighted by atomic mass is 10.1. The van der Waals surface area contributed by atoms with Crippen molar-refractivity contribution < 1.29 is 4.79 Å². The van der Waals surface area contributed by atoms with Gasteiger partial charge in [-0.2, -0.15) is 0 Å². The molecule has 1 atom stereocenters. The molecule has 2 N–H and O–H groups in total. The second-order valence-electron chi connectivity index (χ2n) is 5.98. The Balaban J connectivity index is 1.75. The number of carbonyl (C=O) groups is 1. The van der Waals surface area contributed by atoms with Crippen LogP contribution in [-0.4, -0.2) is 29.5 Å². The van der Waals surface area contributed by atoms with E-state index in [0.29, 0.717) is 17.5 Å². The quantitative estimate of drug-likeness (QED) is 0.846. The minimum atomic E-state index is -0.0275. The Kier molecular flexibility index (Phi) is 5.53. The molecule has 1 aliphatic rings. The largest absolute Gasteiger partial charge is 0.387 e. The van der Waals surface area contributed by atoms with Crippen molar-refractivity contribution in [3.8, 4) is 0 Å². The van der Waals surface area contributed by atoms with E-state index in [1.807, 2.05) is 49.5 Å². The van der Waals surface area contributed by atoms with Crippen LogP contribution in [0.1, 0.15) is 18.5 Å². The van der Waals surface area contributed by atoms with Crippen LogP contribution in [0.2, 0.25) is 5.15 Å². The molecule has 134 valence electrons. The van der Waals surface area contributed by atoms with E-state index in [-0.39, 0.29) is 11.9 Å². The molecule has 0 bridgehead atoms. The van der Waals surface area contributed by atoms with Crippen LogP contribution >= 0.6 is 11.6 Å². The first kappa shape index (κ1) is 17.9. The van der Waals surface area contributed by atoms with Crippen LogP contribution < -0.4 is 15.5 Å². The molecule has 0 spiro atoms. The monoisotopic (exact) mass is 369 g/mol. The Morgan fingerprint density at radius 1 is 1.38 bits per heavy atom. The topological polar surface area (TPSA) is 70.2 Å².